The molecular weight excluding hydrogens is 358 g/mol. The number of benzene rings is 2. The van der Waals surface area contributed by atoms with Gasteiger partial charge in [0.25, 0.3) is 0 Å². The van der Waals surface area contributed by atoms with Gasteiger partial charge in [0.15, 0.2) is 0 Å². The number of hydrogen-bond donors (Lipinski definition) is 3. The second kappa shape index (κ2) is 12.3. The molecule has 2 aromatic carbocycles. The standard InChI is InChI=1S/C18H21NO3.C4H6O2/c1-3-5-18(21)19-11-14(12-20)16-7-4-6-13-8-9-15(22-2)10-17(13)16;1-2-3-4(5)6/h3-4,6-10,14,20H,1,5,11-12H2,2H3,(H,19,21);2H,1,3H2,(H,5,6). The number of aliphatic carboxylic acids is 1. The third-order valence-corrected chi connectivity index (χ3v) is 3.98. The minimum atomic E-state index is -0.829. The first kappa shape index (κ1) is 22.9. The van der Waals surface area contributed by atoms with Gasteiger partial charge < -0.3 is 20.3 Å². The fourth-order valence-corrected chi connectivity index (χ4v) is 2.60. The highest BCUT2D eigenvalue weighted by molar-refractivity contribution is 5.87. The van der Waals surface area contributed by atoms with Gasteiger partial charge in [-0.1, -0.05) is 36.4 Å². The van der Waals surface area contributed by atoms with Crippen molar-refractivity contribution in [2.75, 3.05) is 20.3 Å². The Morgan fingerprint density at radius 1 is 1.18 bits per heavy atom. The van der Waals surface area contributed by atoms with Crippen molar-refractivity contribution in [2.45, 2.75) is 18.8 Å². The van der Waals surface area contributed by atoms with Crippen LogP contribution >= 0.6 is 0 Å². The van der Waals surface area contributed by atoms with Gasteiger partial charge in [-0.15, -0.1) is 13.2 Å². The summed E-state index contributed by atoms with van der Waals surface area (Å²) in [7, 11) is 1.63. The summed E-state index contributed by atoms with van der Waals surface area (Å²) < 4.78 is 5.28. The molecule has 6 heteroatoms. The van der Waals surface area contributed by atoms with Crippen LogP contribution in [-0.2, 0) is 9.59 Å². The first-order valence-corrected chi connectivity index (χ1v) is 8.84. The summed E-state index contributed by atoms with van der Waals surface area (Å²) in [6, 6.07) is 11.8. The predicted octanol–water partition coefficient (Wildman–Crippen LogP) is 3.26. The molecule has 2 rings (SSSR count). The molecule has 150 valence electrons. The number of rotatable bonds is 9. The van der Waals surface area contributed by atoms with E-state index >= 15 is 0 Å². The number of carboxylic acids is 1. The van der Waals surface area contributed by atoms with E-state index in [1.54, 1.807) is 13.2 Å². The van der Waals surface area contributed by atoms with Crippen LogP contribution in [0.25, 0.3) is 10.8 Å². The molecule has 1 unspecified atom stereocenters. The number of carbonyl (C=O) groups excluding carboxylic acids is 1. The summed E-state index contributed by atoms with van der Waals surface area (Å²) in [5, 5.41) is 22.5. The summed E-state index contributed by atoms with van der Waals surface area (Å²) in [6.07, 6.45) is 3.25. The number of nitrogens with one attached hydrogen (secondary N) is 1. The van der Waals surface area contributed by atoms with Gasteiger partial charge >= 0.3 is 5.97 Å². The molecule has 0 fully saturated rings. The number of aliphatic hydroxyl groups is 1. The van der Waals surface area contributed by atoms with Crippen LogP contribution in [0.2, 0.25) is 0 Å². The van der Waals surface area contributed by atoms with E-state index in [9.17, 15) is 14.7 Å². The van der Waals surface area contributed by atoms with E-state index in [0.717, 1.165) is 22.1 Å². The number of fused-ring (bicyclic) bond motifs is 1. The second-order valence-electron chi connectivity index (χ2n) is 6.00. The highest BCUT2D eigenvalue weighted by atomic mass is 16.5. The van der Waals surface area contributed by atoms with Crippen molar-refractivity contribution in [1.82, 2.24) is 5.32 Å². The SMILES string of the molecule is C=CCC(=O)NCC(CO)c1cccc2ccc(OC)cc12.C=CCC(=O)O. The first-order valence-electron chi connectivity index (χ1n) is 8.84. The van der Waals surface area contributed by atoms with E-state index < -0.39 is 5.97 Å². The zero-order chi connectivity index (χ0) is 20.9. The Morgan fingerprint density at radius 2 is 1.89 bits per heavy atom. The maximum Gasteiger partial charge on any atom is 0.307 e. The molecule has 0 aliphatic carbocycles. The molecule has 0 saturated heterocycles. The van der Waals surface area contributed by atoms with Crippen LogP contribution in [0.1, 0.15) is 24.3 Å². The lowest BCUT2D eigenvalue weighted by molar-refractivity contribution is -0.136. The number of hydrogen-bond acceptors (Lipinski definition) is 4. The van der Waals surface area contributed by atoms with Crippen LogP contribution in [0.4, 0.5) is 0 Å². The second-order valence-corrected chi connectivity index (χ2v) is 6.00. The summed E-state index contributed by atoms with van der Waals surface area (Å²) >= 11 is 0. The maximum atomic E-state index is 11.6. The highest BCUT2D eigenvalue weighted by Gasteiger charge is 2.15. The molecule has 0 spiro atoms. The molecule has 1 atom stereocenters. The van der Waals surface area contributed by atoms with Crippen molar-refractivity contribution in [1.29, 1.82) is 0 Å². The van der Waals surface area contributed by atoms with E-state index in [0.29, 0.717) is 6.54 Å². The van der Waals surface area contributed by atoms with Crippen LogP contribution in [0.3, 0.4) is 0 Å². The molecular formula is C22H27NO5. The van der Waals surface area contributed by atoms with Crippen LogP contribution in [0, 0.1) is 0 Å². The van der Waals surface area contributed by atoms with Crippen LogP contribution < -0.4 is 10.1 Å². The summed E-state index contributed by atoms with van der Waals surface area (Å²) in [4.78, 5) is 21.1. The quantitative estimate of drug-likeness (QED) is 0.576. The lowest BCUT2D eigenvalue weighted by Crippen LogP contribution is -2.29. The van der Waals surface area contributed by atoms with Crippen molar-refractivity contribution < 1.29 is 24.5 Å². The first-order chi connectivity index (χ1) is 13.5. The lowest BCUT2D eigenvalue weighted by atomic mass is 9.93. The molecule has 0 saturated carbocycles. The molecule has 0 radical (unpaired) electrons. The van der Waals surface area contributed by atoms with E-state index in [-0.39, 0.29) is 31.3 Å². The predicted molar refractivity (Wildman–Crippen MR) is 111 cm³/mol. The monoisotopic (exact) mass is 385 g/mol. The van der Waals surface area contributed by atoms with Crippen LogP contribution in [0.5, 0.6) is 5.75 Å². The van der Waals surface area contributed by atoms with Gasteiger partial charge in [-0.3, -0.25) is 9.59 Å². The number of aliphatic hydroxyl groups excluding tert-OH is 1. The molecule has 0 bridgehead atoms. The summed E-state index contributed by atoms with van der Waals surface area (Å²) in [5.74, 6) is -0.312. The molecule has 0 aromatic heterocycles. The Bertz CT molecular complexity index is 816. The fraction of sp³-hybridized carbons (Fsp3) is 0.273. The minimum absolute atomic E-state index is 0.0370. The van der Waals surface area contributed by atoms with Crippen molar-refractivity contribution >= 4 is 22.6 Å². The number of methoxy groups -OCH3 is 1. The number of ether oxygens (including phenoxy) is 1. The van der Waals surface area contributed by atoms with Gasteiger partial charge in [-0.05, 0) is 28.5 Å². The van der Waals surface area contributed by atoms with Gasteiger partial charge in [0.2, 0.25) is 5.91 Å². The van der Waals surface area contributed by atoms with Crippen molar-refractivity contribution in [3.8, 4) is 5.75 Å². The fourth-order valence-electron chi connectivity index (χ4n) is 2.60. The van der Waals surface area contributed by atoms with Crippen molar-refractivity contribution in [3.05, 3.63) is 67.3 Å². The Hall–Kier alpha value is -3.12. The average Bonchev–Trinajstić information content (AvgIpc) is 2.68. The third-order valence-electron chi connectivity index (χ3n) is 3.98. The van der Waals surface area contributed by atoms with E-state index in [1.807, 2.05) is 36.4 Å². The highest BCUT2D eigenvalue weighted by Crippen LogP contribution is 2.28. The molecule has 6 nitrogen and oxygen atoms in total. The average molecular weight is 385 g/mol. The molecule has 28 heavy (non-hydrogen) atoms. The molecule has 0 aliphatic rings. The van der Waals surface area contributed by atoms with Crippen LogP contribution in [-0.4, -0.2) is 42.4 Å². The van der Waals surface area contributed by atoms with Gasteiger partial charge in [-0.2, -0.15) is 0 Å². The van der Waals surface area contributed by atoms with E-state index in [4.69, 9.17) is 9.84 Å². The molecule has 0 heterocycles. The normalized spacial score (nSPS) is 10.9. The van der Waals surface area contributed by atoms with Gasteiger partial charge in [0.05, 0.1) is 20.1 Å². The zero-order valence-electron chi connectivity index (χ0n) is 16.1. The zero-order valence-corrected chi connectivity index (χ0v) is 16.1. The Balaban J connectivity index is 0.000000568. The van der Waals surface area contributed by atoms with E-state index in [1.165, 1.54) is 6.08 Å². The Kier molecular flexibility index (Phi) is 10.1. The van der Waals surface area contributed by atoms with Crippen molar-refractivity contribution in [3.63, 3.8) is 0 Å². The summed E-state index contributed by atoms with van der Waals surface area (Å²) in [5.41, 5.74) is 0.998. The van der Waals surface area contributed by atoms with E-state index in [2.05, 4.69) is 18.5 Å². The topological polar surface area (TPSA) is 95.9 Å². The molecule has 0 aliphatic heterocycles. The Labute approximate surface area is 165 Å². The smallest absolute Gasteiger partial charge is 0.307 e. The Morgan fingerprint density at radius 3 is 2.43 bits per heavy atom. The van der Waals surface area contributed by atoms with Gasteiger partial charge in [0, 0.05) is 18.9 Å². The third kappa shape index (κ3) is 7.25. The minimum Gasteiger partial charge on any atom is -0.497 e. The number of carbonyl (C=O) groups is 2. The van der Waals surface area contributed by atoms with Gasteiger partial charge in [-0.25, -0.2) is 0 Å². The molecule has 3 N–H and O–H groups in total. The van der Waals surface area contributed by atoms with Crippen LogP contribution in [0.15, 0.2) is 61.7 Å². The number of amides is 1. The maximum absolute atomic E-state index is 11.6. The lowest BCUT2D eigenvalue weighted by Gasteiger charge is -2.18. The number of carboxylic acid groups (broad SMARTS) is 1. The largest absolute Gasteiger partial charge is 0.497 e. The summed E-state index contributed by atoms with van der Waals surface area (Å²) in [6.45, 7) is 7.11. The van der Waals surface area contributed by atoms with Crippen molar-refractivity contribution in [2.24, 2.45) is 0 Å². The molecule has 2 aromatic rings. The molecule has 1 amide bonds. The van der Waals surface area contributed by atoms with Gasteiger partial charge in [0.1, 0.15) is 5.75 Å².